The zero-order valence-electron chi connectivity index (χ0n) is 14.2. The standard InChI is InChI=1S/C19H14F2N4O2/c1-26-15-5-3-2-4-11(15)9-22-18-16-17(25-27-19(16)24-10-23-18)12-6-13(20)8-14(21)7-12/h2-8,10H,9H2,1H3,(H,22,23,24). The Morgan fingerprint density at radius 3 is 2.63 bits per heavy atom. The van der Waals surface area contributed by atoms with Crippen LogP contribution in [0.4, 0.5) is 14.6 Å². The van der Waals surface area contributed by atoms with E-state index in [2.05, 4.69) is 20.4 Å². The number of nitrogens with one attached hydrogen (secondary N) is 1. The van der Waals surface area contributed by atoms with Gasteiger partial charge in [-0.3, -0.25) is 0 Å². The number of rotatable bonds is 5. The molecule has 0 unspecified atom stereocenters. The van der Waals surface area contributed by atoms with Gasteiger partial charge in [-0.05, 0) is 18.2 Å². The van der Waals surface area contributed by atoms with Crippen molar-refractivity contribution in [1.82, 2.24) is 15.1 Å². The van der Waals surface area contributed by atoms with Crippen molar-refractivity contribution in [3.63, 3.8) is 0 Å². The van der Waals surface area contributed by atoms with Crippen molar-refractivity contribution >= 4 is 16.9 Å². The molecular weight excluding hydrogens is 354 g/mol. The fourth-order valence-corrected chi connectivity index (χ4v) is 2.84. The lowest BCUT2D eigenvalue weighted by molar-refractivity contribution is 0.410. The number of anilines is 1. The zero-order chi connectivity index (χ0) is 18.8. The quantitative estimate of drug-likeness (QED) is 0.570. The fraction of sp³-hybridized carbons (Fsp3) is 0.105. The molecule has 0 amide bonds. The van der Waals surface area contributed by atoms with E-state index in [9.17, 15) is 8.78 Å². The number of hydrogen-bond donors (Lipinski definition) is 1. The lowest BCUT2D eigenvalue weighted by Crippen LogP contribution is -2.04. The highest BCUT2D eigenvalue weighted by Crippen LogP contribution is 2.32. The normalized spacial score (nSPS) is 10.9. The number of para-hydroxylation sites is 1. The summed E-state index contributed by atoms with van der Waals surface area (Å²) in [6, 6.07) is 10.7. The second kappa shape index (κ2) is 6.99. The van der Waals surface area contributed by atoms with Crippen molar-refractivity contribution in [2.24, 2.45) is 0 Å². The molecule has 0 aliphatic heterocycles. The van der Waals surface area contributed by atoms with Crippen LogP contribution in [0.25, 0.3) is 22.4 Å². The van der Waals surface area contributed by atoms with E-state index < -0.39 is 11.6 Å². The van der Waals surface area contributed by atoms with Gasteiger partial charge in [0.25, 0.3) is 5.71 Å². The maximum Gasteiger partial charge on any atom is 0.263 e. The largest absolute Gasteiger partial charge is 0.496 e. The van der Waals surface area contributed by atoms with Gasteiger partial charge >= 0.3 is 0 Å². The van der Waals surface area contributed by atoms with Crippen LogP contribution < -0.4 is 10.1 Å². The van der Waals surface area contributed by atoms with E-state index in [1.165, 1.54) is 18.5 Å². The molecule has 8 heteroatoms. The van der Waals surface area contributed by atoms with E-state index in [1.807, 2.05) is 24.3 Å². The average Bonchev–Trinajstić information content (AvgIpc) is 3.10. The predicted molar refractivity (Wildman–Crippen MR) is 95.3 cm³/mol. The molecule has 2 aromatic heterocycles. The number of halogens is 2. The molecule has 0 saturated carbocycles. The van der Waals surface area contributed by atoms with Gasteiger partial charge in [-0.25, -0.2) is 13.8 Å². The van der Waals surface area contributed by atoms with E-state index in [-0.39, 0.29) is 17.0 Å². The van der Waals surface area contributed by atoms with Crippen LogP contribution in [0, 0.1) is 11.6 Å². The lowest BCUT2D eigenvalue weighted by atomic mass is 10.1. The van der Waals surface area contributed by atoms with E-state index in [1.54, 1.807) is 7.11 Å². The zero-order valence-corrected chi connectivity index (χ0v) is 14.2. The number of aromatic nitrogens is 3. The minimum Gasteiger partial charge on any atom is -0.496 e. The van der Waals surface area contributed by atoms with Crippen LogP contribution in [-0.4, -0.2) is 22.2 Å². The van der Waals surface area contributed by atoms with Gasteiger partial charge < -0.3 is 14.6 Å². The Kier molecular flexibility index (Phi) is 4.37. The number of nitrogens with zero attached hydrogens (tertiary/aromatic N) is 3. The summed E-state index contributed by atoms with van der Waals surface area (Å²) in [5.74, 6) is -0.247. The Labute approximate surface area is 152 Å². The molecule has 4 aromatic rings. The minimum atomic E-state index is -0.707. The molecule has 0 bridgehead atoms. The molecule has 0 saturated heterocycles. The molecule has 0 fully saturated rings. The number of benzene rings is 2. The second-order valence-corrected chi connectivity index (χ2v) is 5.76. The number of fused-ring (bicyclic) bond motifs is 1. The van der Waals surface area contributed by atoms with Gasteiger partial charge in [-0.2, -0.15) is 4.98 Å². The maximum absolute atomic E-state index is 13.6. The first-order chi connectivity index (χ1) is 13.2. The molecule has 0 aliphatic carbocycles. The van der Waals surface area contributed by atoms with Gasteiger partial charge in [0.1, 0.15) is 40.6 Å². The van der Waals surface area contributed by atoms with Crippen LogP contribution in [0.5, 0.6) is 5.75 Å². The van der Waals surface area contributed by atoms with Gasteiger partial charge in [-0.1, -0.05) is 23.4 Å². The van der Waals surface area contributed by atoms with Gasteiger partial charge in [0, 0.05) is 23.7 Å². The van der Waals surface area contributed by atoms with Crippen LogP contribution in [-0.2, 0) is 6.54 Å². The fourth-order valence-electron chi connectivity index (χ4n) is 2.84. The monoisotopic (exact) mass is 368 g/mol. The molecule has 0 spiro atoms. The minimum absolute atomic E-state index is 0.215. The summed E-state index contributed by atoms with van der Waals surface area (Å²) in [5, 5.41) is 7.55. The van der Waals surface area contributed by atoms with Crippen LogP contribution in [0.1, 0.15) is 5.56 Å². The molecule has 1 N–H and O–H groups in total. The SMILES string of the molecule is COc1ccccc1CNc1ncnc2onc(-c3cc(F)cc(F)c3)c12. The Morgan fingerprint density at radius 1 is 1.07 bits per heavy atom. The summed E-state index contributed by atoms with van der Waals surface area (Å²) in [7, 11) is 1.60. The van der Waals surface area contributed by atoms with Crippen molar-refractivity contribution in [3.8, 4) is 17.0 Å². The van der Waals surface area contributed by atoms with E-state index in [0.717, 1.165) is 17.4 Å². The number of hydrogen-bond acceptors (Lipinski definition) is 6. The third-order valence-corrected chi connectivity index (χ3v) is 4.05. The highest BCUT2D eigenvalue weighted by Gasteiger charge is 2.18. The Morgan fingerprint density at radius 2 is 1.85 bits per heavy atom. The molecule has 0 radical (unpaired) electrons. The van der Waals surface area contributed by atoms with E-state index >= 15 is 0 Å². The van der Waals surface area contributed by atoms with Gasteiger partial charge in [0.15, 0.2) is 0 Å². The molecule has 2 heterocycles. The first-order valence-electron chi connectivity index (χ1n) is 8.08. The Bertz CT molecular complexity index is 1090. The summed E-state index contributed by atoms with van der Waals surface area (Å²) >= 11 is 0. The lowest BCUT2D eigenvalue weighted by Gasteiger charge is -2.10. The van der Waals surface area contributed by atoms with E-state index in [0.29, 0.717) is 17.7 Å². The molecule has 136 valence electrons. The highest BCUT2D eigenvalue weighted by atomic mass is 19.1. The molecule has 0 atom stereocenters. The van der Waals surface area contributed by atoms with Crippen molar-refractivity contribution in [2.45, 2.75) is 6.54 Å². The van der Waals surface area contributed by atoms with Crippen LogP contribution in [0.15, 0.2) is 53.3 Å². The van der Waals surface area contributed by atoms with Crippen LogP contribution >= 0.6 is 0 Å². The summed E-state index contributed by atoms with van der Waals surface area (Å²) in [6.45, 7) is 0.415. The van der Waals surface area contributed by atoms with E-state index in [4.69, 9.17) is 9.26 Å². The average molecular weight is 368 g/mol. The third kappa shape index (κ3) is 3.29. The smallest absolute Gasteiger partial charge is 0.263 e. The second-order valence-electron chi connectivity index (χ2n) is 5.76. The van der Waals surface area contributed by atoms with Crippen molar-refractivity contribution in [1.29, 1.82) is 0 Å². The maximum atomic E-state index is 13.6. The van der Waals surface area contributed by atoms with Gasteiger partial charge in [0.2, 0.25) is 0 Å². The highest BCUT2D eigenvalue weighted by molar-refractivity contribution is 5.97. The molecule has 0 aliphatic rings. The van der Waals surface area contributed by atoms with Crippen molar-refractivity contribution < 1.29 is 18.0 Å². The Balaban J connectivity index is 1.74. The molecule has 6 nitrogen and oxygen atoms in total. The van der Waals surface area contributed by atoms with Crippen LogP contribution in [0.2, 0.25) is 0 Å². The molecule has 27 heavy (non-hydrogen) atoms. The summed E-state index contributed by atoms with van der Waals surface area (Å²) < 4.78 is 37.8. The summed E-state index contributed by atoms with van der Waals surface area (Å²) in [4.78, 5) is 8.26. The number of methoxy groups -OCH3 is 1. The number of ether oxygens (including phenoxy) is 1. The predicted octanol–water partition coefficient (Wildman–Crippen LogP) is 4.18. The van der Waals surface area contributed by atoms with Crippen LogP contribution in [0.3, 0.4) is 0 Å². The topological polar surface area (TPSA) is 73.1 Å². The molecule has 4 rings (SSSR count). The Hall–Kier alpha value is -3.55. The van der Waals surface area contributed by atoms with Gasteiger partial charge in [0.05, 0.1) is 7.11 Å². The van der Waals surface area contributed by atoms with Crippen molar-refractivity contribution in [3.05, 3.63) is 66.0 Å². The summed E-state index contributed by atoms with van der Waals surface area (Å²) in [5.41, 5.74) is 1.63. The third-order valence-electron chi connectivity index (χ3n) is 4.05. The molecule has 2 aromatic carbocycles. The first kappa shape index (κ1) is 16.9. The molecular formula is C19H14F2N4O2. The van der Waals surface area contributed by atoms with Gasteiger partial charge in [-0.15, -0.1) is 0 Å². The summed E-state index contributed by atoms with van der Waals surface area (Å²) in [6.07, 6.45) is 1.33. The van der Waals surface area contributed by atoms with Crippen molar-refractivity contribution in [2.75, 3.05) is 12.4 Å². The first-order valence-corrected chi connectivity index (χ1v) is 8.08.